The highest BCUT2D eigenvalue weighted by molar-refractivity contribution is 5.84. The van der Waals surface area contributed by atoms with E-state index >= 15 is 0 Å². The molecule has 2 unspecified atom stereocenters. The summed E-state index contributed by atoms with van der Waals surface area (Å²) in [4.78, 5) is 2.31. The van der Waals surface area contributed by atoms with E-state index in [0.29, 0.717) is 12.5 Å². The maximum Gasteiger partial charge on any atom is 0.169 e. The second-order valence-corrected chi connectivity index (χ2v) is 4.16. The van der Waals surface area contributed by atoms with E-state index in [0.717, 1.165) is 19.6 Å². The molecule has 15 heavy (non-hydrogen) atoms. The third-order valence-electron chi connectivity index (χ3n) is 2.86. The minimum Gasteiger partial charge on any atom is -0.409 e. The van der Waals surface area contributed by atoms with Crippen molar-refractivity contribution in [1.82, 2.24) is 4.90 Å². The molecule has 1 aliphatic heterocycles. The third-order valence-corrected chi connectivity index (χ3v) is 2.86. The van der Waals surface area contributed by atoms with Gasteiger partial charge in [0.05, 0.1) is 6.61 Å². The first kappa shape index (κ1) is 12.3. The van der Waals surface area contributed by atoms with Crippen LogP contribution < -0.4 is 5.73 Å². The Bertz CT molecular complexity index is 221. The highest BCUT2D eigenvalue weighted by Gasteiger charge is 2.24. The first-order valence-corrected chi connectivity index (χ1v) is 5.48. The molecule has 0 bridgehead atoms. The molecule has 1 rings (SSSR count). The average molecular weight is 215 g/mol. The number of rotatable bonds is 4. The number of hydrogen-bond acceptors (Lipinski definition) is 4. The SMILES string of the molecule is CCC(C)CN1CCOC(C(N)=NO)C1. The molecule has 0 amide bonds. The first-order valence-electron chi connectivity index (χ1n) is 5.48. The van der Waals surface area contributed by atoms with Crippen LogP contribution in [0.2, 0.25) is 0 Å². The summed E-state index contributed by atoms with van der Waals surface area (Å²) < 4.78 is 5.42. The van der Waals surface area contributed by atoms with Gasteiger partial charge in [0.25, 0.3) is 0 Å². The second kappa shape index (κ2) is 5.92. The zero-order valence-corrected chi connectivity index (χ0v) is 9.52. The third kappa shape index (κ3) is 3.68. The predicted octanol–water partition coefficient (Wildman–Crippen LogP) is 0.480. The Balaban J connectivity index is 2.42. The molecule has 0 aliphatic carbocycles. The van der Waals surface area contributed by atoms with Gasteiger partial charge < -0.3 is 15.7 Å². The number of oxime groups is 1. The van der Waals surface area contributed by atoms with Crippen LogP contribution in [0.1, 0.15) is 20.3 Å². The van der Waals surface area contributed by atoms with Crippen molar-refractivity contribution in [3.8, 4) is 0 Å². The summed E-state index contributed by atoms with van der Waals surface area (Å²) in [6.07, 6.45) is 0.916. The predicted molar refractivity (Wildman–Crippen MR) is 59.0 cm³/mol. The smallest absolute Gasteiger partial charge is 0.169 e. The molecule has 0 saturated carbocycles. The van der Waals surface area contributed by atoms with E-state index in [1.54, 1.807) is 0 Å². The molecule has 1 aliphatic rings. The van der Waals surface area contributed by atoms with Gasteiger partial charge >= 0.3 is 0 Å². The Morgan fingerprint density at radius 3 is 3.07 bits per heavy atom. The van der Waals surface area contributed by atoms with Gasteiger partial charge in [0.1, 0.15) is 6.10 Å². The van der Waals surface area contributed by atoms with Crippen LogP contribution in [0.5, 0.6) is 0 Å². The lowest BCUT2D eigenvalue weighted by atomic mass is 10.1. The van der Waals surface area contributed by atoms with E-state index in [4.69, 9.17) is 15.7 Å². The summed E-state index contributed by atoms with van der Waals surface area (Å²) in [5.41, 5.74) is 5.52. The maximum absolute atomic E-state index is 8.57. The fourth-order valence-corrected chi connectivity index (χ4v) is 1.68. The molecule has 5 heteroatoms. The van der Waals surface area contributed by atoms with E-state index in [9.17, 15) is 0 Å². The standard InChI is InChI=1S/C10H21N3O2/c1-3-8(2)6-13-4-5-15-9(7-13)10(11)12-14/h8-9,14H,3-7H2,1-2H3,(H2,11,12). The van der Waals surface area contributed by atoms with Crippen LogP contribution >= 0.6 is 0 Å². The Kier molecular flexibility index (Phi) is 4.84. The van der Waals surface area contributed by atoms with Gasteiger partial charge in [0, 0.05) is 19.6 Å². The van der Waals surface area contributed by atoms with Gasteiger partial charge in [-0.3, -0.25) is 4.90 Å². The quantitative estimate of drug-likeness (QED) is 0.310. The molecular formula is C10H21N3O2. The molecule has 2 atom stereocenters. The van der Waals surface area contributed by atoms with Crippen LogP contribution in [0.15, 0.2) is 5.16 Å². The monoisotopic (exact) mass is 215 g/mol. The van der Waals surface area contributed by atoms with Crippen LogP contribution in [0.4, 0.5) is 0 Å². The molecule has 3 N–H and O–H groups in total. The summed E-state index contributed by atoms with van der Waals surface area (Å²) in [5.74, 6) is 0.847. The fraction of sp³-hybridized carbons (Fsp3) is 0.900. The van der Waals surface area contributed by atoms with Crippen LogP contribution in [0, 0.1) is 5.92 Å². The Morgan fingerprint density at radius 2 is 2.47 bits per heavy atom. The number of amidine groups is 1. The second-order valence-electron chi connectivity index (χ2n) is 4.16. The van der Waals surface area contributed by atoms with Crippen molar-refractivity contribution in [1.29, 1.82) is 0 Å². The largest absolute Gasteiger partial charge is 0.409 e. The molecule has 1 heterocycles. The van der Waals surface area contributed by atoms with Crippen molar-refractivity contribution in [2.24, 2.45) is 16.8 Å². The van der Waals surface area contributed by atoms with E-state index in [-0.39, 0.29) is 11.9 Å². The Labute approximate surface area is 90.9 Å². The summed E-state index contributed by atoms with van der Waals surface area (Å²) in [6.45, 7) is 7.77. The van der Waals surface area contributed by atoms with E-state index < -0.39 is 0 Å². The molecular weight excluding hydrogens is 194 g/mol. The molecule has 88 valence electrons. The minimum absolute atomic E-state index is 0.170. The lowest BCUT2D eigenvalue weighted by molar-refractivity contribution is -0.000298. The van der Waals surface area contributed by atoms with Crippen LogP contribution in [0.25, 0.3) is 0 Å². The van der Waals surface area contributed by atoms with E-state index in [2.05, 4.69) is 23.9 Å². The van der Waals surface area contributed by atoms with Crippen LogP contribution in [-0.4, -0.2) is 48.3 Å². The van der Waals surface area contributed by atoms with Gasteiger partial charge in [-0.25, -0.2) is 0 Å². The van der Waals surface area contributed by atoms with Crippen molar-refractivity contribution in [3.05, 3.63) is 0 Å². The fourth-order valence-electron chi connectivity index (χ4n) is 1.68. The lowest BCUT2D eigenvalue weighted by Gasteiger charge is -2.33. The van der Waals surface area contributed by atoms with Crippen molar-refractivity contribution in [2.45, 2.75) is 26.4 Å². The summed E-state index contributed by atoms with van der Waals surface area (Å²) >= 11 is 0. The number of hydrogen-bond donors (Lipinski definition) is 2. The molecule has 0 radical (unpaired) electrons. The highest BCUT2D eigenvalue weighted by atomic mass is 16.5. The molecule has 0 aromatic heterocycles. The number of morpholine rings is 1. The molecule has 5 nitrogen and oxygen atoms in total. The van der Waals surface area contributed by atoms with E-state index in [1.807, 2.05) is 0 Å². The Morgan fingerprint density at radius 1 is 1.73 bits per heavy atom. The van der Waals surface area contributed by atoms with Crippen molar-refractivity contribution in [3.63, 3.8) is 0 Å². The van der Waals surface area contributed by atoms with Gasteiger partial charge in [-0.05, 0) is 5.92 Å². The van der Waals surface area contributed by atoms with Gasteiger partial charge in [0.2, 0.25) is 0 Å². The zero-order chi connectivity index (χ0) is 11.3. The molecule has 0 aromatic carbocycles. The van der Waals surface area contributed by atoms with Gasteiger partial charge in [-0.2, -0.15) is 0 Å². The number of nitrogens with two attached hydrogens (primary N) is 1. The minimum atomic E-state index is -0.257. The number of ether oxygens (including phenoxy) is 1. The molecule has 1 saturated heterocycles. The Hall–Kier alpha value is -0.810. The van der Waals surface area contributed by atoms with Crippen molar-refractivity contribution >= 4 is 5.84 Å². The zero-order valence-electron chi connectivity index (χ0n) is 9.52. The van der Waals surface area contributed by atoms with Gasteiger partial charge in [0.15, 0.2) is 5.84 Å². The van der Waals surface area contributed by atoms with Gasteiger partial charge in [-0.15, -0.1) is 0 Å². The van der Waals surface area contributed by atoms with Crippen molar-refractivity contribution < 1.29 is 9.94 Å². The molecule has 0 spiro atoms. The normalized spacial score (nSPS) is 26.5. The summed E-state index contributed by atoms with van der Waals surface area (Å²) in [5, 5.41) is 11.6. The summed E-state index contributed by atoms with van der Waals surface area (Å²) in [7, 11) is 0. The van der Waals surface area contributed by atoms with E-state index in [1.165, 1.54) is 6.42 Å². The van der Waals surface area contributed by atoms with Gasteiger partial charge in [-0.1, -0.05) is 25.4 Å². The van der Waals surface area contributed by atoms with Crippen LogP contribution in [0.3, 0.4) is 0 Å². The summed E-state index contributed by atoms with van der Waals surface area (Å²) in [6, 6.07) is 0. The van der Waals surface area contributed by atoms with Crippen LogP contribution in [-0.2, 0) is 4.74 Å². The molecule has 1 fully saturated rings. The highest BCUT2D eigenvalue weighted by Crippen LogP contribution is 2.10. The molecule has 0 aromatic rings. The topological polar surface area (TPSA) is 71.1 Å². The maximum atomic E-state index is 8.57. The number of nitrogens with zero attached hydrogens (tertiary/aromatic N) is 2. The average Bonchev–Trinajstić information content (AvgIpc) is 2.28. The lowest BCUT2D eigenvalue weighted by Crippen LogP contribution is -2.49. The first-order chi connectivity index (χ1) is 7.17. The van der Waals surface area contributed by atoms with Crippen molar-refractivity contribution in [2.75, 3.05) is 26.2 Å².